The van der Waals surface area contributed by atoms with Crippen LogP contribution in [-0.2, 0) is 9.59 Å². The Hall–Kier alpha value is -1.18. The lowest BCUT2D eigenvalue weighted by molar-refractivity contribution is -0.151. The maximum absolute atomic E-state index is 11.8. The molecular formula is C28H55NO6. The number of nitrogens with zero attached hydrogens (tertiary/aromatic N) is 1. The maximum atomic E-state index is 11.8. The van der Waals surface area contributed by atoms with Gasteiger partial charge in [-0.1, -0.05) is 117 Å². The molecule has 35 heavy (non-hydrogen) atoms. The van der Waals surface area contributed by atoms with E-state index in [1.54, 1.807) is 0 Å². The van der Waals surface area contributed by atoms with Gasteiger partial charge >= 0.3 is 11.9 Å². The lowest BCUT2D eigenvalue weighted by Gasteiger charge is -2.31. The van der Waals surface area contributed by atoms with Gasteiger partial charge < -0.3 is 20.4 Å². The van der Waals surface area contributed by atoms with E-state index in [0.29, 0.717) is 12.8 Å². The standard InChI is InChI=1S/C28H55NO6/c1-3-5-7-9-11-13-15-17-19-24(30)22-29(26(28(34)35)21-27(32)33)23-25(31)20-18-16-14-12-10-8-6-4-2/h24-26,30-31H,3-23H2,1-2H3,(H,32,33)(H,34,35). The molecule has 0 fully saturated rings. The largest absolute Gasteiger partial charge is 0.481 e. The second-order valence-corrected chi connectivity index (χ2v) is 10.2. The zero-order valence-corrected chi connectivity index (χ0v) is 22.6. The summed E-state index contributed by atoms with van der Waals surface area (Å²) in [6.45, 7) is 4.53. The van der Waals surface area contributed by atoms with Gasteiger partial charge in [0.1, 0.15) is 6.04 Å². The number of aliphatic hydroxyl groups is 2. The third-order valence-corrected chi connectivity index (χ3v) is 6.77. The summed E-state index contributed by atoms with van der Waals surface area (Å²) in [5, 5.41) is 39.9. The van der Waals surface area contributed by atoms with Crippen LogP contribution in [0.25, 0.3) is 0 Å². The van der Waals surface area contributed by atoms with Gasteiger partial charge in [-0.3, -0.25) is 14.5 Å². The summed E-state index contributed by atoms with van der Waals surface area (Å²) in [5.74, 6) is -2.43. The summed E-state index contributed by atoms with van der Waals surface area (Å²) in [6, 6.07) is -1.26. The molecule has 0 aromatic heterocycles. The molecule has 0 amide bonds. The molecule has 208 valence electrons. The van der Waals surface area contributed by atoms with Crippen LogP contribution in [-0.4, -0.2) is 68.6 Å². The van der Waals surface area contributed by atoms with Gasteiger partial charge in [-0.25, -0.2) is 0 Å². The van der Waals surface area contributed by atoms with Gasteiger partial charge in [-0.05, 0) is 12.8 Å². The number of carboxylic acid groups (broad SMARTS) is 2. The molecule has 0 saturated heterocycles. The summed E-state index contributed by atoms with van der Waals surface area (Å²) >= 11 is 0. The molecule has 0 radical (unpaired) electrons. The molecule has 0 aliphatic heterocycles. The highest BCUT2D eigenvalue weighted by atomic mass is 16.4. The Morgan fingerprint density at radius 1 is 0.600 bits per heavy atom. The van der Waals surface area contributed by atoms with Crippen LogP contribution in [0.5, 0.6) is 0 Å². The van der Waals surface area contributed by atoms with Crippen LogP contribution < -0.4 is 0 Å². The number of carbonyl (C=O) groups is 2. The monoisotopic (exact) mass is 501 g/mol. The van der Waals surface area contributed by atoms with Crippen molar-refractivity contribution in [1.29, 1.82) is 0 Å². The average molecular weight is 502 g/mol. The normalized spacial score (nSPS) is 14.2. The first-order valence-corrected chi connectivity index (χ1v) is 14.4. The molecule has 0 aliphatic rings. The highest BCUT2D eigenvalue weighted by Crippen LogP contribution is 2.16. The fourth-order valence-corrected chi connectivity index (χ4v) is 4.62. The first kappa shape index (κ1) is 33.8. The van der Waals surface area contributed by atoms with Crippen molar-refractivity contribution in [3.8, 4) is 0 Å². The van der Waals surface area contributed by atoms with Crippen molar-refractivity contribution in [3.63, 3.8) is 0 Å². The Kier molecular flexibility index (Phi) is 22.4. The second kappa shape index (κ2) is 23.2. The molecule has 0 saturated carbocycles. The van der Waals surface area contributed by atoms with Crippen LogP contribution >= 0.6 is 0 Å². The second-order valence-electron chi connectivity index (χ2n) is 10.2. The van der Waals surface area contributed by atoms with E-state index in [9.17, 15) is 30.0 Å². The molecular weight excluding hydrogens is 446 g/mol. The van der Waals surface area contributed by atoms with Crippen molar-refractivity contribution in [3.05, 3.63) is 0 Å². The fraction of sp³-hybridized carbons (Fsp3) is 0.929. The smallest absolute Gasteiger partial charge is 0.321 e. The van der Waals surface area contributed by atoms with Crippen molar-refractivity contribution in [2.45, 2.75) is 154 Å². The predicted octanol–water partition coefficient (Wildman–Crippen LogP) is 6.00. The minimum atomic E-state index is -1.26. The minimum Gasteiger partial charge on any atom is -0.481 e. The zero-order valence-electron chi connectivity index (χ0n) is 22.6. The Morgan fingerprint density at radius 3 is 1.26 bits per heavy atom. The van der Waals surface area contributed by atoms with Gasteiger partial charge in [-0.15, -0.1) is 0 Å². The summed E-state index contributed by atoms with van der Waals surface area (Å²) in [7, 11) is 0. The summed E-state index contributed by atoms with van der Waals surface area (Å²) in [5.41, 5.74) is 0. The molecule has 0 aliphatic carbocycles. The number of rotatable bonds is 26. The Morgan fingerprint density at radius 2 is 0.943 bits per heavy atom. The van der Waals surface area contributed by atoms with Crippen LogP contribution in [0.1, 0.15) is 136 Å². The minimum absolute atomic E-state index is 0.0647. The Bertz CT molecular complexity index is 488. The van der Waals surface area contributed by atoms with Crippen molar-refractivity contribution in [1.82, 2.24) is 4.90 Å². The summed E-state index contributed by atoms with van der Waals surface area (Å²) in [6.07, 6.45) is 17.6. The molecule has 4 N–H and O–H groups in total. The van der Waals surface area contributed by atoms with E-state index in [2.05, 4.69) is 13.8 Å². The third kappa shape index (κ3) is 20.7. The van der Waals surface area contributed by atoms with E-state index >= 15 is 0 Å². The summed E-state index contributed by atoms with van der Waals surface area (Å²) < 4.78 is 0. The molecule has 0 rings (SSSR count). The van der Waals surface area contributed by atoms with Crippen molar-refractivity contribution in [2.24, 2.45) is 0 Å². The first-order chi connectivity index (χ1) is 16.8. The van der Waals surface area contributed by atoms with Gasteiger partial charge in [-0.2, -0.15) is 0 Å². The molecule has 0 aromatic carbocycles. The molecule has 3 atom stereocenters. The average Bonchev–Trinajstić information content (AvgIpc) is 2.80. The number of aliphatic hydroxyl groups excluding tert-OH is 2. The van der Waals surface area contributed by atoms with Gasteiger partial charge in [0, 0.05) is 13.1 Å². The van der Waals surface area contributed by atoms with Crippen LogP contribution in [0, 0.1) is 0 Å². The van der Waals surface area contributed by atoms with Crippen LogP contribution in [0.3, 0.4) is 0 Å². The van der Waals surface area contributed by atoms with Crippen molar-refractivity contribution < 1.29 is 30.0 Å². The number of hydrogen-bond donors (Lipinski definition) is 4. The molecule has 7 heteroatoms. The highest BCUT2D eigenvalue weighted by molar-refractivity contribution is 5.80. The van der Waals surface area contributed by atoms with E-state index in [1.165, 1.54) is 69.1 Å². The molecule has 7 nitrogen and oxygen atoms in total. The topological polar surface area (TPSA) is 118 Å². The van der Waals surface area contributed by atoms with Crippen LogP contribution in [0.15, 0.2) is 0 Å². The van der Waals surface area contributed by atoms with E-state index < -0.39 is 36.6 Å². The van der Waals surface area contributed by atoms with E-state index in [4.69, 9.17) is 0 Å². The van der Waals surface area contributed by atoms with Crippen LogP contribution in [0.4, 0.5) is 0 Å². The lowest BCUT2D eigenvalue weighted by atomic mass is 10.0. The SMILES string of the molecule is CCCCCCCCCCC(O)CN(CC(O)CCCCCCCCCC)C(CC(=O)O)C(=O)O. The number of unbranched alkanes of at least 4 members (excludes halogenated alkanes) is 14. The Balaban J connectivity index is 4.52. The maximum Gasteiger partial charge on any atom is 0.321 e. The van der Waals surface area contributed by atoms with Gasteiger partial charge in [0.05, 0.1) is 18.6 Å². The fourth-order valence-electron chi connectivity index (χ4n) is 4.62. The predicted molar refractivity (Wildman–Crippen MR) is 142 cm³/mol. The van der Waals surface area contributed by atoms with Gasteiger partial charge in [0.2, 0.25) is 0 Å². The first-order valence-electron chi connectivity index (χ1n) is 14.4. The zero-order chi connectivity index (χ0) is 26.3. The van der Waals surface area contributed by atoms with Crippen molar-refractivity contribution >= 4 is 11.9 Å². The number of carboxylic acids is 2. The Labute approximate surface area is 214 Å². The van der Waals surface area contributed by atoms with E-state index in [1.807, 2.05) is 0 Å². The van der Waals surface area contributed by atoms with Gasteiger partial charge in [0.15, 0.2) is 0 Å². The summed E-state index contributed by atoms with van der Waals surface area (Å²) in [4.78, 5) is 24.5. The number of aliphatic carboxylic acids is 2. The van der Waals surface area contributed by atoms with Gasteiger partial charge in [0.25, 0.3) is 0 Å². The molecule has 0 spiro atoms. The van der Waals surface area contributed by atoms with E-state index in [0.717, 1.165) is 38.5 Å². The number of hydrogen-bond acceptors (Lipinski definition) is 5. The van der Waals surface area contributed by atoms with Crippen LogP contribution in [0.2, 0.25) is 0 Å². The quantitative estimate of drug-likeness (QED) is 0.107. The molecule has 0 bridgehead atoms. The van der Waals surface area contributed by atoms with Crippen molar-refractivity contribution in [2.75, 3.05) is 13.1 Å². The molecule has 3 unspecified atom stereocenters. The van der Waals surface area contributed by atoms with E-state index in [-0.39, 0.29) is 13.1 Å². The lowest BCUT2D eigenvalue weighted by Crippen LogP contribution is -2.49. The third-order valence-electron chi connectivity index (χ3n) is 6.77. The highest BCUT2D eigenvalue weighted by Gasteiger charge is 2.30. The molecule has 0 aromatic rings. The molecule has 0 heterocycles.